The summed E-state index contributed by atoms with van der Waals surface area (Å²) in [5.74, 6) is 3.28. The molecule has 0 amide bonds. The number of hydrogen-bond donors (Lipinski definition) is 2. The second-order valence-corrected chi connectivity index (χ2v) is 27.1. The van der Waals surface area contributed by atoms with Crippen LogP contribution in [-0.2, 0) is 42.0 Å². The number of ether oxygens (including phenoxy) is 2. The van der Waals surface area contributed by atoms with Gasteiger partial charge in [-0.2, -0.15) is 16.8 Å². The number of benzene rings is 8. The van der Waals surface area contributed by atoms with Gasteiger partial charge in [-0.1, -0.05) is 150 Å². The SMILES string of the molecule is CC(C)(C)Oc1ccc([S+](c2ccccc2)c2ccccc2)cc1.CC(C)c1cc(C(C)C)c(S(=O)(=O)O)c(C(C)C)c1.Cc1cc(C)c(S(=O)(=O)O)c(C)c1.c1ccc([S+]2c3ccccc3Oc3ccccc32)cc1. The maximum absolute atomic E-state index is 11.7. The lowest BCUT2D eigenvalue weighted by molar-refractivity contribution is 0.131. The van der Waals surface area contributed by atoms with E-state index in [1.54, 1.807) is 26.0 Å². The largest absolute Gasteiger partial charge is 0.488 e. The Labute approximate surface area is 458 Å². The van der Waals surface area contributed by atoms with Gasteiger partial charge in [-0.25, -0.2) is 0 Å². The number of rotatable bonds is 10. The van der Waals surface area contributed by atoms with Gasteiger partial charge in [0.05, 0.1) is 15.8 Å². The Kier molecular flexibility index (Phi) is 20.1. The van der Waals surface area contributed by atoms with Crippen molar-refractivity contribution < 1.29 is 35.4 Å². The summed E-state index contributed by atoms with van der Waals surface area (Å²) in [6, 6.07) is 64.5. The van der Waals surface area contributed by atoms with E-state index in [1.807, 2.05) is 71.0 Å². The number of para-hydroxylation sites is 2. The molecule has 8 aromatic rings. The molecule has 0 aliphatic carbocycles. The van der Waals surface area contributed by atoms with Crippen LogP contribution in [-0.4, -0.2) is 31.5 Å². The van der Waals surface area contributed by atoms with Crippen molar-refractivity contribution in [3.63, 3.8) is 0 Å². The van der Waals surface area contributed by atoms with Crippen LogP contribution in [0.1, 0.15) is 113 Å². The summed E-state index contributed by atoms with van der Waals surface area (Å²) in [6.45, 7) is 23.4. The fourth-order valence-electron chi connectivity index (χ4n) is 8.73. The summed E-state index contributed by atoms with van der Waals surface area (Å²) in [6.07, 6.45) is 0. The van der Waals surface area contributed by atoms with Crippen molar-refractivity contribution in [3.05, 3.63) is 221 Å². The standard InChI is InChI=1S/C22H23OS.C18H13OS.C15H24O3S.C9H12O3S/c1-22(2,3)23-18-14-16-21(17-15-18)24(19-10-6-4-7-11-19)20-12-8-5-9-13-20;1-2-8-14(9-3-1)20-17-12-6-4-10-15(17)19-16-11-5-7-13-18(16)20;1-9(2)12-7-13(10(3)4)15(19(16,17)18)14(8-12)11(5)6;1-6-4-7(2)9(8(3)5-6)13(10,11)12/h4-17H,1-3H3;1-13H;7-11H,1-6H3,(H,16,17,18);4-5H,1-3H3,(H,10,11,12)/q2*+1;;. The molecule has 0 aromatic heterocycles. The fraction of sp³-hybridized carbons (Fsp3) is 0.250. The summed E-state index contributed by atoms with van der Waals surface area (Å²) >= 11 is 0. The molecule has 1 aliphatic rings. The first-order chi connectivity index (χ1) is 35.8. The van der Waals surface area contributed by atoms with Gasteiger partial charge in [0.2, 0.25) is 9.79 Å². The molecule has 2 N–H and O–H groups in total. The van der Waals surface area contributed by atoms with Crippen LogP contribution in [0.5, 0.6) is 17.2 Å². The van der Waals surface area contributed by atoms with E-state index < -0.39 is 20.2 Å². The monoisotopic (exact) mass is 1100 g/mol. The van der Waals surface area contributed by atoms with Gasteiger partial charge in [0, 0.05) is 0 Å². The Morgan fingerprint density at radius 2 is 0.868 bits per heavy atom. The van der Waals surface area contributed by atoms with Gasteiger partial charge in [-0.3, -0.25) is 9.11 Å². The lowest BCUT2D eigenvalue weighted by Gasteiger charge is -2.21. The third-order valence-corrected chi connectivity index (χ3v) is 18.7. The van der Waals surface area contributed by atoms with Crippen LogP contribution in [0.4, 0.5) is 0 Å². The quantitative estimate of drug-likeness (QED) is 0.102. The zero-order chi connectivity index (χ0) is 55.5. The Hall–Kier alpha value is -6.12. The number of fused-ring (bicyclic) bond motifs is 2. The molecule has 0 unspecified atom stereocenters. The summed E-state index contributed by atoms with van der Waals surface area (Å²) in [7, 11) is -8.46. The molecule has 0 bridgehead atoms. The van der Waals surface area contributed by atoms with E-state index in [0.717, 1.165) is 28.4 Å². The van der Waals surface area contributed by atoms with E-state index in [-0.39, 0.29) is 49.0 Å². The summed E-state index contributed by atoms with van der Waals surface area (Å²) in [5, 5.41) is 0. The second kappa shape index (κ2) is 25.8. The first-order valence-electron chi connectivity index (χ1n) is 25.3. The van der Waals surface area contributed by atoms with Crippen LogP contribution in [0.2, 0.25) is 0 Å². The maximum atomic E-state index is 11.7. The molecule has 1 heterocycles. The van der Waals surface area contributed by atoms with Crippen molar-refractivity contribution in [2.24, 2.45) is 0 Å². The number of aryl methyl sites for hydroxylation is 3. The van der Waals surface area contributed by atoms with Gasteiger partial charge >= 0.3 is 0 Å². The first-order valence-corrected chi connectivity index (χ1v) is 30.7. The molecule has 76 heavy (non-hydrogen) atoms. The van der Waals surface area contributed by atoms with Crippen molar-refractivity contribution in [2.45, 2.75) is 146 Å². The average molecular weight is 1100 g/mol. The Morgan fingerprint density at radius 1 is 0.487 bits per heavy atom. The second-order valence-electron chi connectivity index (χ2n) is 20.4. The van der Waals surface area contributed by atoms with Gasteiger partial charge in [0.1, 0.15) is 27.1 Å². The topological polar surface area (TPSA) is 127 Å². The van der Waals surface area contributed by atoms with Gasteiger partial charge in [-0.15, -0.1) is 0 Å². The van der Waals surface area contributed by atoms with Gasteiger partial charge < -0.3 is 9.47 Å². The average Bonchev–Trinajstić information content (AvgIpc) is 3.36. The molecular weight excluding hydrogens is 1020 g/mol. The van der Waals surface area contributed by atoms with Crippen LogP contribution >= 0.6 is 0 Å². The van der Waals surface area contributed by atoms with E-state index in [4.69, 9.17) is 14.0 Å². The molecule has 0 fully saturated rings. The van der Waals surface area contributed by atoms with Gasteiger partial charge in [0.25, 0.3) is 20.2 Å². The molecule has 0 saturated carbocycles. The van der Waals surface area contributed by atoms with Crippen LogP contribution in [0.3, 0.4) is 0 Å². The fourth-order valence-corrected chi connectivity index (χ4v) is 15.2. The zero-order valence-electron chi connectivity index (χ0n) is 45.6. The molecule has 0 atom stereocenters. The molecule has 8 aromatic carbocycles. The highest BCUT2D eigenvalue weighted by atomic mass is 32.2. The molecule has 12 heteroatoms. The highest BCUT2D eigenvalue weighted by Gasteiger charge is 2.39. The predicted molar refractivity (Wildman–Crippen MR) is 312 cm³/mol. The minimum Gasteiger partial charge on any atom is -0.488 e. The molecule has 1 aliphatic heterocycles. The van der Waals surface area contributed by atoms with Crippen LogP contribution in [0, 0.1) is 20.8 Å². The van der Waals surface area contributed by atoms with Crippen molar-refractivity contribution >= 4 is 42.0 Å². The highest BCUT2D eigenvalue weighted by Crippen LogP contribution is 2.46. The molecule has 0 spiro atoms. The van der Waals surface area contributed by atoms with E-state index in [0.29, 0.717) is 28.2 Å². The van der Waals surface area contributed by atoms with E-state index in [1.165, 1.54) is 29.4 Å². The molecule has 0 radical (unpaired) electrons. The van der Waals surface area contributed by atoms with Gasteiger partial charge in [0.15, 0.2) is 31.1 Å². The molecule has 0 saturated heterocycles. The predicted octanol–water partition coefficient (Wildman–Crippen LogP) is 17.0. The normalized spacial score (nSPS) is 12.3. The summed E-state index contributed by atoms with van der Waals surface area (Å²) in [4.78, 5) is 7.93. The third-order valence-electron chi connectivity index (χ3n) is 12.0. The minimum absolute atomic E-state index is 0.0260. The molecule has 398 valence electrons. The van der Waals surface area contributed by atoms with Crippen LogP contribution in [0.15, 0.2) is 227 Å². The summed E-state index contributed by atoms with van der Waals surface area (Å²) in [5.41, 5.74) is 4.50. The van der Waals surface area contributed by atoms with Gasteiger partial charge in [-0.05, 0) is 172 Å². The smallest absolute Gasteiger partial charge is 0.295 e. The first kappa shape index (κ1) is 59.1. The maximum Gasteiger partial charge on any atom is 0.295 e. The Balaban J connectivity index is 0.000000168. The number of hydrogen-bond acceptors (Lipinski definition) is 6. The van der Waals surface area contributed by atoms with E-state index >= 15 is 0 Å². The molecule has 8 nitrogen and oxygen atoms in total. The van der Waals surface area contributed by atoms with Crippen molar-refractivity contribution in [1.29, 1.82) is 0 Å². The van der Waals surface area contributed by atoms with Crippen molar-refractivity contribution in [2.75, 3.05) is 0 Å². The van der Waals surface area contributed by atoms with Crippen molar-refractivity contribution in [3.8, 4) is 17.2 Å². The van der Waals surface area contributed by atoms with Crippen LogP contribution < -0.4 is 9.47 Å². The molecule has 9 rings (SSSR count). The lowest BCUT2D eigenvalue weighted by Crippen LogP contribution is -2.22. The van der Waals surface area contributed by atoms with Crippen molar-refractivity contribution in [1.82, 2.24) is 0 Å². The summed E-state index contributed by atoms with van der Waals surface area (Å²) < 4.78 is 75.8. The van der Waals surface area contributed by atoms with Crippen LogP contribution in [0.25, 0.3) is 0 Å². The lowest BCUT2D eigenvalue weighted by atomic mass is 9.89. The molecular formula is C64H72O8S4+2. The minimum atomic E-state index is -4.20. The third kappa shape index (κ3) is 15.7. The van der Waals surface area contributed by atoms with E-state index in [9.17, 15) is 21.4 Å². The highest BCUT2D eigenvalue weighted by molar-refractivity contribution is 7.97. The Morgan fingerprint density at radius 3 is 1.25 bits per heavy atom. The van der Waals surface area contributed by atoms with E-state index in [2.05, 4.69) is 174 Å². The zero-order valence-corrected chi connectivity index (χ0v) is 48.9. The Bertz CT molecular complexity index is 3270.